The number of rotatable bonds is 2. The topological polar surface area (TPSA) is 82.2 Å². The fourth-order valence-corrected chi connectivity index (χ4v) is 2.97. The molecule has 0 aliphatic heterocycles. The normalized spacial score (nSPS) is 22.1. The quantitative estimate of drug-likeness (QED) is 0.790. The van der Waals surface area contributed by atoms with E-state index in [4.69, 9.17) is 0 Å². The van der Waals surface area contributed by atoms with Crippen molar-refractivity contribution in [2.75, 3.05) is 5.32 Å². The van der Waals surface area contributed by atoms with Crippen LogP contribution in [0.5, 0.6) is 0 Å². The van der Waals surface area contributed by atoms with Crippen LogP contribution in [-0.4, -0.2) is 22.1 Å². The molecule has 1 aromatic carbocycles. The first-order valence-corrected chi connectivity index (χ1v) is 7.24. The number of fused-ring (bicyclic) bond motifs is 1. The number of H-pyrrole nitrogens is 1. The number of aliphatic hydroxyl groups excluding tert-OH is 1. The molecule has 1 aromatic heterocycles. The summed E-state index contributed by atoms with van der Waals surface area (Å²) in [6.07, 6.45) is 4.14. The second-order valence-corrected chi connectivity index (χ2v) is 5.58. The zero-order chi connectivity index (χ0) is 14.8. The highest BCUT2D eigenvalue weighted by Crippen LogP contribution is 2.27. The molecule has 3 rings (SSSR count). The smallest absolute Gasteiger partial charge is 0.255 e. The van der Waals surface area contributed by atoms with Gasteiger partial charge in [-0.1, -0.05) is 12.5 Å². The minimum Gasteiger partial charge on any atom is -0.393 e. The van der Waals surface area contributed by atoms with Crippen LogP contribution in [0.4, 0.5) is 5.69 Å². The predicted octanol–water partition coefficient (Wildman–Crippen LogP) is 2.02. The lowest BCUT2D eigenvalue weighted by atomic mass is 9.86. The lowest BCUT2D eigenvalue weighted by molar-refractivity contribution is -0.122. The fraction of sp³-hybridized carbons (Fsp3) is 0.375. The van der Waals surface area contributed by atoms with E-state index in [1.807, 2.05) is 0 Å². The Labute approximate surface area is 122 Å². The molecule has 0 radical (unpaired) electrons. The molecule has 0 saturated heterocycles. The zero-order valence-corrected chi connectivity index (χ0v) is 11.6. The van der Waals surface area contributed by atoms with Crippen LogP contribution in [0.25, 0.3) is 10.8 Å². The number of carbonyl (C=O) groups is 1. The molecule has 3 N–H and O–H groups in total. The van der Waals surface area contributed by atoms with Gasteiger partial charge in [-0.15, -0.1) is 0 Å². The van der Waals surface area contributed by atoms with Gasteiger partial charge >= 0.3 is 0 Å². The molecular weight excluding hydrogens is 268 g/mol. The fourth-order valence-electron chi connectivity index (χ4n) is 2.97. The molecule has 0 bridgehead atoms. The summed E-state index contributed by atoms with van der Waals surface area (Å²) in [7, 11) is 0. The van der Waals surface area contributed by atoms with Gasteiger partial charge in [0, 0.05) is 28.6 Å². The number of pyridine rings is 1. The molecule has 1 saturated carbocycles. The highest BCUT2D eigenvalue weighted by atomic mass is 16.3. The Morgan fingerprint density at radius 3 is 2.90 bits per heavy atom. The first-order chi connectivity index (χ1) is 10.1. The van der Waals surface area contributed by atoms with Gasteiger partial charge in [-0.3, -0.25) is 9.59 Å². The Bertz CT molecular complexity index is 723. The summed E-state index contributed by atoms with van der Waals surface area (Å²) in [5.74, 6) is -0.243. The molecule has 5 nitrogen and oxygen atoms in total. The van der Waals surface area contributed by atoms with E-state index in [0.29, 0.717) is 17.5 Å². The van der Waals surface area contributed by atoms with Crippen LogP contribution in [0.3, 0.4) is 0 Å². The molecule has 2 atom stereocenters. The first kappa shape index (κ1) is 13.8. The van der Waals surface area contributed by atoms with E-state index < -0.39 is 0 Å². The second kappa shape index (κ2) is 5.69. The van der Waals surface area contributed by atoms with Gasteiger partial charge in [-0.25, -0.2) is 0 Å². The number of hydrogen-bond donors (Lipinski definition) is 3. The Morgan fingerprint density at radius 2 is 2.10 bits per heavy atom. The van der Waals surface area contributed by atoms with Crippen molar-refractivity contribution in [3.63, 3.8) is 0 Å². The number of aliphatic hydroxyl groups is 1. The lowest BCUT2D eigenvalue weighted by Crippen LogP contribution is -2.30. The van der Waals surface area contributed by atoms with Crippen molar-refractivity contribution < 1.29 is 9.90 Å². The minimum absolute atomic E-state index is 0.0819. The first-order valence-electron chi connectivity index (χ1n) is 7.24. The second-order valence-electron chi connectivity index (χ2n) is 5.58. The Morgan fingerprint density at radius 1 is 1.24 bits per heavy atom. The van der Waals surface area contributed by atoms with Gasteiger partial charge in [-0.05, 0) is 37.5 Å². The van der Waals surface area contributed by atoms with Crippen LogP contribution < -0.4 is 10.9 Å². The van der Waals surface area contributed by atoms with Crippen molar-refractivity contribution in [1.82, 2.24) is 4.98 Å². The molecule has 2 aromatic rings. The van der Waals surface area contributed by atoms with Crippen LogP contribution in [0.1, 0.15) is 25.7 Å². The predicted molar refractivity (Wildman–Crippen MR) is 81.2 cm³/mol. The maximum absolute atomic E-state index is 12.3. The van der Waals surface area contributed by atoms with E-state index >= 15 is 0 Å². The number of carbonyl (C=O) groups excluding carboxylic acids is 1. The molecule has 1 fully saturated rings. The standard InChI is InChI=1S/C16H18N2O3/c19-11-4-1-3-10(9-11)15(20)18-14-6-2-5-13-12(14)7-8-17-16(13)21/h2,5-8,10-11,19H,1,3-4,9H2,(H,17,21)(H,18,20). The maximum Gasteiger partial charge on any atom is 0.255 e. The average molecular weight is 286 g/mol. The third kappa shape index (κ3) is 2.83. The number of amides is 1. The number of hydrogen-bond acceptors (Lipinski definition) is 3. The third-order valence-corrected chi connectivity index (χ3v) is 4.09. The lowest BCUT2D eigenvalue weighted by Gasteiger charge is -2.25. The number of aromatic amines is 1. The van der Waals surface area contributed by atoms with E-state index in [1.54, 1.807) is 30.5 Å². The zero-order valence-electron chi connectivity index (χ0n) is 11.6. The van der Waals surface area contributed by atoms with Gasteiger partial charge in [0.2, 0.25) is 5.91 Å². The van der Waals surface area contributed by atoms with Crippen LogP contribution in [0.15, 0.2) is 35.3 Å². The Hall–Kier alpha value is -2.14. The molecule has 1 amide bonds. The Balaban J connectivity index is 1.86. The van der Waals surface area contributed by atoms with Crippen molar-refractivity contribution in [2.45, 2.75) is 31.8 Å². The van der Waals surface area contributed by atoms with Gasteiger partial charge in [0.15, 0.2) is 0 Å². The van der Waals surface area contributed by atoms with E-state index in [0.717, 1.165) is 24.6 Å². The van der Waals surface area contributed by atoms with Crippen molar-refractivity contribution in [3.05, 3.63) is 40.8 Å². The van der Waals surface area contributed by atoms with Crippen LogP contribution in [-0.2, 0) is 4.79 Å². The molecule has 110 valence electrons. The highest BCUT2D eigenvalue weighted by Gasteiger charge is 2.26. The van der Waals surface area contributed by atoms with Crippen molar-refractivity contribution in [1.29, 1.82) is 0 Å². The van der Waals surface area contributed by atoms with Crippen LogP contribution in [0.2, 0.25) is 0 Å². The van der Waals surface area contributed by atoms with Gasteiger partial charge in [0.1, 0.15) is 0 Å². The SMILES string of the molecule is O=C(Nc1cccc2c(=O)[nH]ccc12)C1CCCC(O)C1. The van der Waals surface area contributed by atoms with E-state index in [-0.39, 0.29) is 23.5 Å². The molecule has 1 heterocycles. The summed E-state index contributed by atoms with van der Waals surface area (Å²) in [5, 5.41) is 13.9. The summed E-state index contributed by atoms with van der Waals surface area (Å²) in [5.41, 5.74) is 0.473. The summed E-state index contributed by atoms with van der Waals surface area (Å²) in [6.45, 7) is 0. The highest BCUT2D eigenvalue weighted by molar-refractivity contribution is 6.02. The van der Waals surface area contributed by atoms with Gasteiger partial charge in [0.05, 0.1) is 6.10 Å². The molecule has 21 heavy (non-hydrogen) atoms. The van der Waals surface area contributed by atoms with Crippen molar-refractivity contribution in [3.8, 4) is 0 Å². The van der Waals surface area contributed by atoms with Gasteiger partial charge in [0.25, 0.3) is 5.56 Å². The van der Waals surface area contributed by atoms with E-state index in [9.17, 15) is 14.7 Å². The summed E-state index contributed by atoms with van der Waals surface area (Å²) < 4.78 is 0. The Kier molecular flexibility index (Phi) is 3.75. The van der Waals surface area contributed by atoms with E-state index in [2.05, 4.69) is 10.3 Å². The number of nitrogens with one attached hydrogen (secondary N) is 2. The molecule has 0 spiro atoms. The van der Waals surface area contributed by atoms with Crippen molar-refractivity contribution in [2.24, 2.45) is 5.92 Å². The van der Waals surface area contributed by atoms with E-state index in [1.165, 1.54) is 0 Å². The van der Waals surface area contributed by atoms with Crippen LogP contribution in [0, 0.1) is 5.92 Å². The average Bonchev–Trinajstić information content (AvgIpc) is 2.48. The van der Waals surface area contributed by atoms with Gasteiger partial charge in [-0.2, -0.15) is 0 Å². The minimum atomic E-state index is -0.384. The third-order valence-electron chi connectivity index (χ3n) is 4.09. The molecule has 1 aliphatic carbocycles. The molecule has 1 aliphatic rings. The number of benzene rings is 1. The maximum atomic E-state index is 12.3. The summed E-state index contributed by atoms with van der Waals surface area (Å²) in [4.78, 5) is 26.7. The molecule has 2 unspecified atom stereocenters. The van der Waals surface area contributed by atoms with Crippen molar-refractivity contribution >= 4 is 22.4 Å². The summed E-state index contributed by atoms with van der Waals surface area (Å²) >= 11 is 0. The molecular formula is C16H18N2O3. The number of anilines is 1. The monoisotopic (exact) mass is 286 g/mol. The number of aromatic nitrogens is 1. The largest absolute Gasteiger partial charge is 0.393 e. The van der Waals surface area contributed by atoms with Crippen LogP contribution >= 0.6 is 0 Å². The van der Waals surface area contributed by atoms with Gasteiger partial charge < -0.3 is 15.4 Å². The molecule has 5 heteroatoms. The summed E-state index contributed by atoms with van der Waals surface area (Å²) in [6, 6.07) is 7.05.